The van der Waals surface area contributed by atoms with Gasteiger partial charge < -0.3 is 14.8 Å². The van der Waals surface area contributed by atoms with Gasteiger partial charge in [0.15, 0.2) is 0 Å². The number of aromatic amines is 1. The van der Waals surface area contributed by atoms with Crippen molar-refractivity contribution in [1.82, 2.24) is 4.98 Å². The van der Waals surface area contributed by atoms with Crippen LogP contribution in [-0.4, -0.2) is 22.7 Å². The second kappa shape index (κ2) is 6.88. The number of phenolic OH excluding ortho intramolecular Hbond substituents is 1. The predicted molar refractivity (Wildman–Crippen MR) is 121 cm³/mol. The lowest BCUT2D eigenvalue weighted by atomic mass is 9.48. The van der Waals surface area contributed by atoms with Crippen molar-refractivity contribution in [2.24, 2.45) is 17.8 Å². The first-order valence-electron chi connectivity index (χ1n) is 11.7. The minimum absolute atomic E-state index is 0.157. The Labute approximate surface area is 182 Å². The molecule has 4 fully saturated rings. The van der Waals surface area contributed by atoms with Crippen molar-refractivity contribution in [2.45, 2.75) is 50.9 Å². The fraction of sp³-hybridized carbons (Fsp3) is 0.444. The van der Waals surface area contributed by atoms with E-state index < -0.39 is 0 Å². The van der Waals surface area contributed by atoms with Gasteiger partial charge in [-0.1, -0.05) is 12.1 Å². The van der Waals surface area contributed by atoms with Gasteiger partial charge in [0.05, 0.1) is 6.61 Å². The lowest BCUT2D eigenvalue weighted by Gasteiger charge is -2.57. The van der Waals surface area contributed by atoms with Gasteiger partial charge in [-0.05, 0) is 110 Å². The van der Waals surface area contributed by atoms with Gasteiger partial charge in [0.2, 0.25) is 0 Å². The van der Waals surface area contributed by atoms with Gasteiger partial charge in [-0.2, -0.15) is 0 Å². The number of H-pyrrole nitrogens is 1. The number of hydrogen-bond donors (Lipinski definition) is 2. The van der Waals surface area contributed by atoms with E-state index in [4.69, 9.17) is 4.74 Å². The quantitative estimate of drug-likeness (QED) is 0.500. The third-order valence-corrected chi connectivity index (χ3v) is 8.06. The second-order valence-electron chi connectivity index (χ2n) is 10.1. The van der Waals surface area contributed by atoms with E-state index in [1.54, 1.807) is 0 Å². The molecule has 4 bridgehead atoms. The number of ether oxygens (including phenoxy) is 1. The highest BCUT2D eigenvalue weighted by Crippen LogP contribution is 2.62. The maximum atomic E-state index is 12.1. The van der Waals surface area contributed by atoms with Gasteiger partial charge in [0, 0.05) is 16.5 Å². The topological polar surface area (TPSA) is 62.3 Å². The Morgan fingerprint density at radius 1 is 1.00 bits per heavy atom. The normalized spacial score (nSPS) is 28.9. The summed E-state index contributed by atoms with van der Waals surface area (Å²) in [5.74, 6) is 2.65. The molecule has 4 saturated carbocycles. The summed E-state index contributed by atoms with van der Waals surface area (Å²) in [6, 6.07) is 14.2. The van der Waals surface area contributed by atoms with Crippen molar-refractivity contribution in [3.63, 3.8) is 0 Å². The number of esters is 1. The fourth-order valence-electron chi connectivity index (χ4n) is 7.21. The molecule has 2 aromatic carbocycles. The van der Waals surface area contributed by atoms with E-state index in [0.717, 1.165) is 45.3 Å². The number of benzene rings is 2. The average Bonchev–Trinajstić information content (AvgIpc) is 3.17. The highest BCUT2D eigenvalue weighted by molar-refractivity contribution is 5.96. The van der Waals surface area contributed by atoms with E-state index in [1.807, 2.05) is 31.2 Å². The monoisotopic (exact) mass is 415 g/mol. The molecule has 3 aromatic rings. The van der Waals surface area contributed by atoms with Crippen LogP contribution in [0.4, 0.5) is 0 Å². The first-order chi connectivity index (χ1) is 15.0. The van der Waals surface area contributed by atoms with E-state index in [9.17, 15) is 9.90 Å². The van der Waals surface area contributed by atoms with Crippen LogP contribution in [0.1, 0.15) is 61.5 Å². The highest BCUT2D eigenvalue weighted by atomic mass is 16.5. The summed E-state index contributed by atoms with van der Waals surface area (Å²) in [4.78, 5) is 15.2. The maximum Gasteiger partial charge on any atom is 0.354 e. The molecule has 0 spiro atoms. The van der Waals surface area contributed by atoms with Gasteiger partial charge in [-0.15, -0.1) is 0 Å². The molecule has 31 heavy (non-hydrogen) atoms. The molecule has 160 valence electrons. The molecule has 1 heterocycles. The second-order valence-corrected chi connectivity index (χ2v) is 10.1. The molecule has 0 aliphatic heterocycles. The molecule has 4 nitrogen and oxygen atoms in total. The van der Waals surface area contributed by atoms with Gasteiger partial charge in [-0.25, -0.2) is 4.79 Å². The summed E-state index contributed by atoms with van der Waals surface area (Å²) in [6.45, 7) is 2.17. The summed E-state index contributed by atoms with van der Waals surface area (Å²) < 4.78 is 5.12. The van der Waals surface area contributed by atoms with E-state index in [0.29, 0.717) is 18.1 Å². The number of aromatic nitrogens is 1. The van der Waals surface area contributed by atoms with Crippen molar-refractivity contribution in [3.8, 4) is 16.9 Å². The molecule has 0 amide bonds. The number of hydrogen-bond acceptors (Lipinski definition) is 3. The Bertz CT molecular complexity index is 1140. The molecule has 2 N–H and O–H groups in total. The minimum atomic E-state index is -0.325. The van der Waals surface area contributed by atoms with Crippen LogP contribution in [0, 0.1) is 17.8 Å². The zero-order valence-electron chi connectivity index (χ0n) is 18.0. The lowest BCUT2D eigenvalue weighted by Crippen LogP contribution is -2.48. The number of carbonyl (C=O) groups excluding carboxylic acids is 1. The van der Waals surface area contributed by atoms with Gasteiger partial charge in [0.1, 0.15) is 11.4 Å². The number of aromatic hydroxyl groups is 1. The molecule has 4 aliphatic rings. The van der Waals surface area contributed by atoms with Crippen LogP contribution < -0.4 is 0 Å². The molecule has 4 heteroatoms. The molecule has 1 aromatic heterocycles. The Kier molecular flexibility index (Phi) is 4.21. The standard InChI is InChI=1S/C27H29NO3/c1-2-31-26(30)24-12-21-10-19(3-5-23(21)28-24)20-4-6-25(29)22(11-20)27-13-16-7-17(14-27)9-18(8-16)15-27/h3-6,10-12,16-18,28-29H,2,7-9,13-15H2,1H3. The zero-order valence-corrected chi connectivity index (χ0v) is 18.0. The summed E-state index contributed by atoms with van der Waals surface area (Å²) in [7, 11) is 0. The van der Waals surface area contributed by atoms with Crippen LogP contribution >= 0.6 is 0 Å². The minimum Gasteiger partial charge on any atom is -0.508 e. The number of fused-ring (bicyclic) bond motifs is 1. The lowest BCUT2D eigenvalue weighted by molar-refractivity contribution is -0.00611. The van der Waals surface area contributed by atoms with Crippen LogP contribution in [-0.2, 0) is 10.2 Å². The van der Waals surface area contributed by atoms with Crippen LogP contribution in [0.2, 0.25) is 0 Å². The number of carbonyl (C=O) groups is 1. The fourth-order valence-corrected chi connectivity index (χ4v) is 7.21. The third-order valence-electron chi connectivity index (χ3n) is 8.06. The summed E-state index contributed by atoms with van der Waals surface area (Å²) in [5, 5.41) is 11.9. The Balaban J connectivity index is 1.38. The molecule has 4 aliphatic carbocycles. The molecule has 0 saturated heterocycles. The number of phenols is 1. The Morgan fingerprint density at radius 2 is 1.65 bits per heavy atom. The molecule has 0 atom stereocenters. The van der Waals surface area contributed by atoms with E-state index in [-0.39, 0.29) is 11.4 Å². The number of rotatable bonds is 4. The Hall–Kier alpha value is -2.75. The third kappa shape index (κ3) is 3.07. The molecular weight excluding hydrogens is 386 g/mol. The predicted octanol–water partition coefficient (Wildman–Crippen LogP) is 6.19. The number of nitrogens with one attached hydrogen (secondary N) is 1. The SMILES string of the molecule is CCOC(=O)c1cc2cc(-c3ccc(O)c(C45CC6CC(CC(C6)C4)C5)c3)ccc2[nH]1. The summed E-state index contributed by atoms with van der Waals surface area (Å²) >= 11 is 0. The smallest absolute Gasteiger partial charge is 0.354 e. The van der Waals surface area contributed by atoms with Crippen molar-refractivity contribution >= 4 is 16.9 Å². The van der Waals surface area contributed by atoms with Crippen LogP contribution in [0.5, 0.6) is 5.75 Å². The van der Waals surface area contributed by atoms with Gasteiger partial charge in [-0.3, -0.25) is 0 Å². The first-order valence-corrected chi connectivity index (χ1v) is 11.7. The van der Waals surface area contributed by atoms with E-state index in [2.05, 4.69) is 23.2 Å². The first kappa shape index (κ1) is 19.0. The summed E-state index contributed by atoms with van der Waals surface area (Å²) in [5.41, 5.74) is 4.95. The van der Waals surface area contributed by atoms with Gasteiger partial charge in [0.25, 0.3) is 0 Å². The van der Waals surface area contributed by atoms with Crippen LogP contribution in [0.25, 0.3) is 22.0 Å². The molecule has 7 rings (SSSR count). The highest BCUT2D eigenvalue weighted by Gasteiger charge is 2.52. The van der Waals surface area contributed by atoms with Crippen LogP contribution in [0.3, 0.4) is 0 Å². The van der Waals surface area contributed by atoms with Crippen molar-refractivity contribution in [2.75, 3.05) is 6.61 Å². The summed E-state index contributed by atoms with van der Waals surface area (Å²) in [6.07, 6.45) is 7.88. The molecular formula is C27H29NO3. The van der Waals surface area contributed by atoms with E-state index >= 15 is 0 Å². The Morgan fingerprint density at radius 3 is 2.32 bits per heavy atom. The van der Waals surface area contributed by atoms with Crippen LogP contribution in [0.15, 0.2) is 42.5 Å². The zero-order chi connectivity index (χ0) is 21.2. The molecule has 0 unspecified atom stereocenters. The van der Waals surface area contributed by atoms with Crippen molar-refractivity contribution < 1.29 is 14.6 Å². The average molecular weight is 416 g/mol. The molecule has 0 radical (unpaired) electrons. The van der Waals surface area contributed by atoms with Crippen molar-refractivity contribution in [3.05, 3.63) is 53.7 Å². The van der Waals surface area contributed by atoms with Gasteiger partial charge >= 0.3 is 5.97 Å². The largest absolute Gasteiger partial charge is 0.508 e. The maximum absolute atomic E-state index is 12.1. The van der Waals surface area contributed by atoms with E-state index in [1.165, 1.54) is 38.5 Å². The van der Waals surface area contributed by atoms with Crippen molar-refractivity contribution in [1.29, 1.82) is 0 Å².